The molecule has 3 N–H and O–H groups in total. The van der Waals surface area contributed by atoms with Crippen LogP contribution in [0.2, 0.25) is 0 Å². The predicted octanol–water partition coefficient (Wildman–Crippen LogP) is 1.90. The number of hydrogen-bond donors (Lipinski definition) is 2. The summed E-state index contributed by atoms with van der Waals surface area (Å²) < 4.78 is 0. The molecule has 0 aliphatic heterocycles. The van der Waals surface area contributed by atoms with Crippen molar-refractivity contribution in [1.29, 1.82) is 0 Å². The highest BCUT2D eigenvalue weighted by molar-refractivity contribution is 5.58. The molecule has 0 fully saturated rings. The third-order valence-electron chi connectivity index (χ3n) is 2.10. The lowest BCUT2D eigenvalue weighted by Gasteiger charge is -2.08. The van der Waals surface area contributed by atoms with Gasteiger partial charge in [0.2, 0.25) is 0 Å². The van der Waals surface area contributed by atoms with Gasteiger partial charge >= 0.3 is 0 Å². The number of nitrogens with two attached hydrogens (primary N) is 1. The molecule has 1 aromatic rings. The molecule has 11 heavy (non-hydrogen) atoms. The molecule has 0 radical (unpaired) electrons. The number of aryl methyl sites for hydroxylation is 1. The van der Waals surface area contributed by atoms with E-state index in [-0.39, 0.29) is 0 Å². The monoisotopic (exact) mass is 151 g/mol. The average molecular weight is 151 g/mol. The molecule has 60 valence electrons. The first-order valence-corrected chi connectivity index (χ1v) is 3.59. The fourth-order valence-corrected chi connectivity index (χ4v) is 1.10. The number of nitrogen functional groups attached to an aromatic ring is 1. The van der Waals surface area contributed by atoms with Gasteiger partial charge in [0.25, 0.3) is 0 Å². The standard InChI is InChI=1S/C9H13NO/c1-5-4-8(10)6(2)7(3)9(5)11/h4,11H,10H2,1-3H3. The molecule has 0 spiro atoms. The van der Waals surface area contributed by atoms with Crippen LogP contribution in [-0.4, -0.2) is 5.11 Å². The molecule has 1 rings (SSSR count). The molecule has 0 heterocycles. The fraction of sp³-hybridized carbons (Fsp3) is 0.333. The summed E-state index contributed by atoms with van der Waals surface area (Å²) in [5, 5.41) is 9.46. The van der Waals surface area contributed by atoms with Crippen molar-refractivity contribution in [2.75, 3.05) is 5.73 Å². The van der Waals surface area contributed by atoms with Crippen LogP contribution in [0.3, 0.4) is 0 Å². The van der Waals surface area contributed by atoms with Gasteiger partial charge in [0.05, 0.1) is 0 Å². The Morgan fingerprint density at radius 1 is 1.18 bits per heavy atom. The van der Waals surface area contributed by atoms with Crippen molar-refractivity contribution in [2.45, 2.75) is 20.8 Å². The fourth-order valence-electron chi connectivity index (χ4n) is 1.10. The summed E-state index contributed by atoms with van der Waals surface area (Å²) in [5.74, 6) is 0.358. The van der Waals surface area contributed by atoms with Crippen LogP contribution in [0.25, 0.3) is 0 Å². The molecule has 0 aromatic heterocycles. The molecule has 0 atom stereocenters. The van der Waals surface area contributed by atoms with E-state index in [1.165, 1.54) is 0 Å². The van der Waals surface area contributed by atoms with Gasteiger partial charge in [-0.15, -0.1) is 0 Å². The molecule has 0 aliphatic rings. The second-order valence-electron chi connectivity index (χ2n) is 2.88. The van der Waals surface area contributed by atoms with E-state index in [2.05, 4.69) is 0 Å². The lowest BCUT2D eigenvalue weighted by Crippen LogP contribution is -1.94. The summed E-state index contributed by atoms with van der Waals surface area (Å²) in [7, 11) is 0. The molecule has 0 saturated heterocycles. The van der Waals surface area contributed by atoms with Crippen LogP contribution >= 0.6 is 0 Å². The number of phenolic OH excluding ortho intramolecular Hbond substituents is 1. The topological polar surface area (TPSA) is 46.2 Å². The van der Waals surface area contributed by atoms with Crippen molar-refractivity contribution in [3.8, 4) is 5.75 Å². The Morgan fingerprint density at radius 2 is 1.73 bits per heavy atom. The van der Waals surface area contributed by atoms with Crippen molar-refractivity contribution in [2.24, 2.45) is 0 Å². The maximum absolute atomic E-state index is 9.46. The van der Waals surface area contributed by atoms with E-state index in [0.717, 1.165) is 22.4 Å². The SMILES string of the molecule is Cc1cc(N)c(C)c(C)c1O. The number of aromatic hydroxyl groups is 1. The van der Waals surface area contributed by atoms with Crippen LogP contribution in [0.4, 0.5) is 5.69 Å². The highest BCUT2D eigenvalue weighted by Gasteiger charge is 2.05. The lowest BCUT2D eigenvalue weighted by molar-refractivity contribution is 0.466. The molecule has 2 heteroatoms. The van der Waals surface area contributed by atoms with Gasteiger partial charge in [-0.2, -0.15) is 0 Å². The smallest absolute Gasteiger partial charge is 0.121 e. The quantitative estimate of drug-likeness (QED) is 0.439. The predicted molar refractivity (Wildman–Crippen MR) is 46.7 cm³/mol. The molecule has 2 nitrogen and oxygen atoms in total. The summed E-state index contributed by atoms with van der Waals surface area (Å²) in [5.41, 5.74) is 9.11. The van der Waals surface area contributed by atoms with Crippen molar-refractivity contribution >= 4 is 5.69 Å². The van der Waals surface area contributed by atoms with Gasteiger partial charge < -0.3 is 10.8 Å². The highest BCUT2D eigenvalue weighted by atomic mass is 16.3. The van der Waals surface area contributed by atoms with Crippen LogP contribution in [0.15, 0.2) is 6.07 Å². The Hall–Kier alpha value is -1.18. The Kier molecular flexibility index (Phi) is 1.77. The van der Waals surface area contributed by atoms with Crippen LogP contribution in [0.1, 0.15) is 16.7 Å². The van der Waals surface area contributed by atoms with E-state index in [4.69, 9.17) is 5.73 Å². The van der Waals surface area contributed by atoms with Gasteiger partial charge in [-0.3, -0.25) is 0 Å². The zero-order valence-electron chi connectivity index (χ0n) is 7.10. The van der Waals surface area contributed by atoms with Gasteiger partial charge in [-0.05, 0) is 43.5 Å². The van der Waals surface area contributed by atoms with Crippen molar-refractivity contribution in [1.82, 2.24) is 0 Å². The maximum Gasteiger partial charge on any atom is 0.121 e. The number of benzene rings is 1. The molecule has 0 saturated carbocycles. The molecular weight excluding hydrogens is 138 g/mol. The summed E-state index contributed by atoms with van der Waals surface area (Å²) in [6.45, 7) is 5.62. The second kappa shape index (κ2) is 2.46. The van der Waals surface area contributed by atoms with Crippen LogP contribution in [0, 0.1) is 20.8 Å². The zero-order chi connectivity index (χ0) is 8.59. The minimum absolute atomic E-state index is 0.358. The van der Waals surface area contributed by atoms with Gasteiger partial charge in [0, 0.05) is 5.69 Å². The Morgan fingerprint density at radius 3 is 2.27 bits per heavy atom. The van der Waals surface area contributed by atoms with E-state index in [1.54, 1.807) is 6.07 Å². The second-order valence-corrected chi connectivity index (χ2v) is 2.88. The van der Waals surface area contributed by atoms with Crippen molar-refractivity contribution in [3.63, 3.8) is 0 Å². The lowest BCUT2D eigenvalue weighted by atomic mass is 10.0. The number of rotatable bonds is 0. The molecule has 0 amide bonds. The van der Waals surface area contributed by atoms with Gasteiger partial charge in [-0.25, -0.2) is 0 Å². The molecule has 0 aliphatic carbocycles. The summed E-state index contributed by atoms with van der Waals surface area (Å²) >= 11 is 0. The normalized spacial score (nSPS) is 10.1. The molecule has 1 aromatic carbocycles. The van der Waals surface area contributed by atoms with E-state index >= 15 is 0 Å². The minimum Gasteiger partial charge on any atom is -0.507 e. The minimum atomic E-state index is 0.358. The summed E-state index contributed by atoms with van der Waals surface area (Å²) in [6.07, 6.45) is 0. The first-order valence-electron chi connectivity index (χ1n) is 3.59. The summed E-state index contributed by atoms with van der Waals surface area (Å²) in [6, 6.07) is 1.79. The summed E-state index contributed by atoms with van der Waals surface area (Å²) in [4.78, 5) is 0. The van der Waals surface area contributed by atoms with E-state index in [0.29, 0.717) is 5.75 Å². The zero-order valence-corrected chi connectivity index (χ0v) is 7.10. The van der Waals surface area contributed by atoms with Gasteiger partial charge in [0.15, 0.2) is 0 Å². The van der Waals surface area contributed by atoms with Gasteiger partial charge in [0.1, 0.15) is 5.75 Å². The van der Waals surface area contributed by atoms with Crippen LogP contribution < -0.4 is 5.73 Å². The third kappa shape index (κ3) is 1.16. The largest absolute Gasteiger partial charge is 0.507 e. The van der Waals surface area contributed by atoms with Crippen molar-refractivity contribution in [3.05, 3.63) is 22.8 Å². The highest BCUT2D eigenvalue weighted by Crippen LogP contribution is 2.28. The van der Waals surface area contributed by atoms with E-state index < -0.39 is 0 Å². The van der Waals surface area contributed by atoms with Crippen LogP contribution in [0.5, 0.6) is 5.75 Å². The maximum atomic E-state index is 9.46. The number of phenols is 1. The van der Waals surface area contributed by atoms with Gasteiger partial charge in [-0.1, -0.05) is 0 Å². The first-order chi connectivity index (χ1) is 5.04. The van der Waals surface area contributed by atoms with Crippen LogP contribution in [-0.2, 0) is 0 Å². The molecule has 0 bridgehead atoms. The third-order valence-corrected chi connectivity index (χ3v) is 2.10. The van der Waals surface area contributed by atoms with E-state index in [9.17, 15) is 5.11 Å². The average Bonchev–Trinajstić information content (AvgIpc) is 1.97. The molecular formula is C9H13NO. The number of hydrogen-bond acceptors (Lipinski definition) is 2. The van der Waals surface area contributed by atoms with E-state index in [1.807, 2.05) is 20.8 Å². The molecule has 0 unspecified atom stereocenters. The van der Waals surface area contributed by atoms with Crippen molar-refractivity contribution < 1.29 is 5.11 Å². The Bertz CT molecular complexity index is 266. The number of anilines is 1. The first kappa shape index (κ1) is 7.92. The Balaban J connectivity index is 3.46. The Labute approximate surface area is 66.7 Å².